The molecule has 19 heavy (non-hydrogen) atoms. The van der Waals surface area contributed by atoms with Crippen LogP contribution in [-0.4, -0.2) is 26.5 Å². The van der Waals surface area contributed by atoms with Crippen LogP contribution in [0.3, 0.4) is 0 Å². The molecule has 5 heteroatoms. The molecule has 100 valence electrons. The lowest BCUT2D eigenvalue weighted by Gasteiger charge is -2.12. The lowest BCUT2D eigenvalue weighted by Crippen LogP contribution is -2.34. The number of carbonyl (C=O) groups excluding carboxylic acids is 1. The molecule has 1 fully saturated rings. The molecule has 1 N–H and O–H groups in total. The summed E-state index contributed by atoms with van der Waals surface area (Å²) in [6.45, 7) is 5.95. The molecule has 1 aliphatic carbocycles. The van der Waals surface area contributed by atoms with E-state index in [0.29, 0.717) is 11.6 Å². The van der Waals surface area contributed by atoms with Gasteiger partial charge in [0.2, 0.25) is 0 Å². The third-order valence-electron chi connectivity index (χ3n) is 3.69. The number of aromatic nitrogens is 3. The van der Waals surface area contributed by atoms with E-state index in [2.05, 4.69) is 22.3 Å². The average molecular weight is 258 g/mol. The Morgan fingerprint density at radius 1 is 1.47 bits per heavy atom. The number of carbonyl (C=O) groups is 1. The number of aryl methyl sites for hydroxylation is 2. The number of imidazole rings is 1. The van der Waals surface area contributed by atoms with Gasteiger partial charge in [-0.2, -0.15) is 5.10 Å². The van der Waals surface area contributed by atoms with E-state index in [1.54, 1.807) is 10.7 Å². The van der Waals surface area contributed by atoms with Gasteiger partial charge in [-0.05, 0) is 51.2 Å². The molecule has 3 rings (SSSR count). The first-order chi connectivity index (χ1) is 9.06. The van der Waals surface area contributed by atoms with Crippen LogP contribution in [0.1, 0.15) is 41.5 Å². The summed E-state index contributed by atoms with van der Waals surface area (Å²) >= 11 is 0. The Morgan fingerprint density at radius 2 is 2.21 bits per heavy atom. The maximum absolute atomic E-state index is 12.3. The van der Waals surface area contributed by atoms with Crippen LogP contribution < -0.4 is 5.32 Å². The molecule has 0 aliphatic heterocycles. The van der Waals surface area contributed by atoms with Crippen LogP contribution in [0, 0.1) is 19.8 Å². The normalized spacial score (nSPS) is 16.6. The number of nitrogens with one attached hydrogen (secondary N) is 1. The van der Waals surface area contributed by atoms with Crippen molar-refractivity contribution in [1.29, 1.82) is 0 Å². The average Bonchev–Trinajstić information content (AvgIpc) is 3.09. The molecule has 2 aromatic rings. The zero-order valence-electron chi connectivity index (χ0n) is 11.5. The van der Waals surface area contributed by atoms with E-state index >= 15 is 0 Å². The second-order valence-corrected chi connectivity index (χ2v) is 5.45. The highest BCUT2D eigenvalue weighted by molar-refractivity contribution is 5.93. The van der Waals surface area contributed by atoms with Gasteiger partial charge >= 0.3 is 0 Å². The van der Waals surface area contributed by atoms with Crippen LogP contribution >= 0.6 is 0 Å². The van der Waals surface area contributed by atoms with Crippen LogP contribution in [0.15, 0.2) is 12.3 Å². The fourth-order valence-electron chi connectivity index (χ4n) is 2.43. The Hall–Kier alpha value is -1.91. The first-order valence-corrected chi connectivity index (χ1v) is 6.69. The summed E-state index contributed by atoms with van der Waals surface area (Å²) in [5.41, 5.74) is 3.17. The number of fused-ring (bicyclic) bond motifs is 1. The topological polar surface area (TPSA) is 59.3 Å². The molecule has 1 aliphatic rings. The summed E-state index contributed by atoms with van der Waals surface area (Å²) in [6, 6.07) is 2.19. The number of hydrogen-bond acceptors (Lipinski definition) is 3. The van der Waals surface area contributed by atoms with Crippen LogP contribution in [-0.2, 0) is 0 Å². The van der Waals surface area contributed by atoms with Gasteiger partial charge in [0.1, 0.15) is 5.69 Å². The molecular weight excluding hydrogens is 240 g/mol. The minimum atomic E-state index is -0.0931. The first kappa shape index (κ1) is 12.1. The van der Waals surface area contributed by atoms with Gasteiger partial charge < -0.3 is 5.32 Å². The number of nitrogens with zero attached hydrogens (tertiary/aromatic N) is 3. The minimum absolute atomic E-state index is 0.0931. The van der Waals surface area contributed by atoms with E-state index in [9.17, 15) is 4.79 Å². The third-order valence-corrected chi connectivity index (χ3v) is 3.69. The summed E-state index contributed by atoms with van der Waals surface area (Å²) in [5, 5.41) is 7.41. The van der Waals surface area contributed by atoms with Crippen LogP contribution in [0.4, 0.5) is 0 Å². The summed E-state index contributed by atoms with van der Waals surface area (Å²) in [6.07, 6.45) is 4.03. The molecular formula is C14H18N4O. The third kappa shape index (κ3) is 2.20. The molecule has 0 radical (unpaired) electrons. The predicted octanol–water partition coefficient (Wildman–Crippen LogP) is 1.87. The summed E-state index contributed by atoms with van der Waals surface area (Å²) in [7, 11) is 0. The van der Waals surface area contributed by atoms with Gasteiger partial charge in [-0.3, -0.25) is 4.79 Å². The Labute approximate surface area is 112 Å². The van der Waals surface area contributed by atoms with E-state index in [-0.39, 0.29) is 11.9 Å². The molecule has 2 heterocycles. The Kier molecular flexibility index (Phi) is 2.77. The highest BCUT2D eigenvalue weighted by Crippen LogP contribution is 2.32. The molecule has 0 spiro atoms. The first-order valence-electron chi connectivity index (χ1n) is 6.69. The standard InChI is InChI=1S/C14H18N4O/c1-8-6-9(2)17-18-12(7-15-13(8)18)14(19)16-10(3)11-4-5-11/h6-7,10-11H,4-5H2,1-3H3,(H,16,19). The molecule has 0 aromatic carbocycles. The Bertz CT molecular complexity index is 642. The number of rotatable bonds is 3. The lowest BCUT2D eigenvalue weighted by molar-refractivity contribution is 0.0928. The van der Waals surface area contributed by atoms with Crippen molar-refractivity contribution in [1.82, 2.24) is 19.9 Å². The van der Waals surface area contributed by atoms with Crippen molar-refractivity contribution in [3.05, 3.63) is 29.2 Å². The molecule has 0 bridgehead atoms. The van der Waals surface area contributed by atoms with Crippen molar-refractivity contribution in [3.8, 4) is 0 Å². The smallest absolute Gasteiger partial charge is 0.271 e. The molecule has 1 unspecified atom stereocenters. The van der Waals surface area contributed by atoms with Crippen LogP contribution in [0.2, 0.25) is 0 Å². The predicted molar refractivity (Wildman–Crippen MR) is 72.1 cm³/mol. The molecule has 5 nitrogen and oxygen atoms in total. The van der Waals surface area contributed by atoms with Crippen LogP contribution in [0.25, 0.3) is 5.65 Å². The molecule has 1 amide bonds. The summed E-state index contributed by atoms with van der Waals surface area (Å²) in [4.78, 5) is 16.6. The van der Waals surface area contributed by atoms with E-state index in [1.165, 1.54) is 12.8 Å². The van der Waals surface area contributed by atoms with E-state index in [1.807, 2.05) is 19.9 Å². The molecule has 1 atom stereocenters. The number of hydrogen-bond donors (Lipinski definition) is 1. The molecule has 2 aromatic heterocycles. The highest BCUT2D eigenvalue weighted by Gasteiger charge is 2.29. The Balaban J connectivity index is 1.93. The molecule has 0 saturated heterocycles. The second-order valence-electron chi connectivity index (χ2n) is 5.45. The minimum Gasteiger partial charge on any atom is -0.348 e. The van der Waals surface area contributed by atoms with Crippen molar-refractivity contribution in [2.45, 2.75) is 39.7 Å². The zero-order valence-corrected chi connectivity index (χ0v) is 11.5. The summed E-state index contributed by atoms with van der Waals surface area (Å²) in [5.74, 6) is 0.545. The van der Waals surface area contributed by atoms with Crippen molar-refractivity contribution < 1.29 is 4.79 Å². The maximum atomic E-state index is 12.3. The number of amides is 1. The van der Waals surface area contributed by atoms with Crippen molar-refractivity contribution in [2.24, 2.45) is 5.92 Å². The van der Waals surface area contributed by atoms with E-state index in [4.69, 9.17) is 0 Å². The van der Waals surface area contributed by atoms with Gasteiger partial charge in [0.25, 0.3) is 5.91 Å². The summed E-state index contributed by atoms with van der Waals surface area (Å²) < 4.78 is 1.64. The van der Waals surface area contributed by atoms with Gasteiger partial charge in [-0.15, -0.1) is 0 Å². The molecule has 1 saturated carbocycles. The largest absolute Gasteiger partial charge is 0.348 e. The van der Waals surface area contributed by atoms with Gasteiger partial charge in [0.05, 0.1) is 11.9 Å². The SMILES string of the molecule is Cc1cc(C)c2ncc(C(=O)NC(C)C3CC3)n2n1. The Morgan fingerprint density at radius 3 is 2.89 bits per heavy atom. The van der Waals surface area contributed by atoms with Gasteiger partial charge in [0, 0.05) is 6.04 Å². The van der Waals surface area contributed by atoms with Crippen LogP contribution in [0.5, 0.6) is 0 Å². The van der Waals surface area contributed by atoms with Gasteiger partial charge in [0.15, 0.2) is 5.65 Å². The van der Waals surface area contributed by atoms with E-state index < -0.39 is 0 Å². The highest BCUT2D eigenvalue weighted by atomic mass is 16.2. The lowest BCUT2D eigenvalue weighted by atomic mass is 10.2. The monoisotopic (exact) mass is 258 g/mol. The fraction of sp³-hybridized carbons (Fsp3) is 0.500. The second kappa shape index (κ2) is 4.33. The zero-order chi connectivity index (χ0) is 13.6. The maximum Gasteiger partial charge on any atom is 0.271 e. The van der Waals surface area contributed by atoms with Gasteiger partial charge in [-0.1, -0.05) is 0 Å². The van der Waals surface area contributed by atoms with Crippen molar-refractivity contribution in [2.75, 3.05) is 0 Å². The van der Waals surface area contributed by atoms with Crippen molar-refractivity contribution >= 4 is 11.6 Å². The van der Waals surface area contributed by atoms with Gasteiger partial charge in [-0.25, -0.2) is 9.50 Å². The fourth-order valence-corrected chi connectivity index (χ4v) is 2.43. The quantitative estimate of drug-likeness (QED) is 0.914. The van der Waals surface area contributed by atoms with E-state index in [0.717, 1.165) is 16.9 Å². The van der Waals surface area contributed by atoms with Crippen molar-refractivity contribution in [3.63, 3.8) is 0 Å².